The molecule has 33 heavy (non-hydrogen) atoms. The first-order valence-electron chi connectivity index (χ1n) is 10.3. The van der Waals surface area contributed by atoms with E-state index in [1.165, 1.54) is 10.4 Å². The van der Waals surface area contributed by atoms with Crippen LogP contribution in [0.15, 0.2) is 76.4 Å². The zero-order valence-electron chi connectivity index (χ0n) is 17.6. The maximum Gasteiger partial charge on any atom is 0.292 e. The molecule has 3 aromatic rings. The van der Waals surface area contributed by atoms with Gasteiger partial charge in [-0.1, -0.05) is 22.0 Å². The third-order valence-electron chi connectivity index (χ3n) is 5.44. The Labute approximate surface area is 200 Å². The fraction of sp³-hybridized carbons (Fsp3) is 0.227. The van der Waals surface area contributed by atoms with Crippen molar-refractivity contribution in [3.63, 3.8) is 0 Å². The topological polar surface area (TPSA) is 109 Å². The molecule has 1 aliphatic heterocycles. The van der Waals surface area contributed by atoms with Crippen molar-refractivity contribution in [1.82, 2.24) is 9.29 Å². The zero-order chi connectivity index (χ0) is 23.4. The molecule has 2 heterocycles. The number of halogens is 1. The largest absolute Gasteiger partial charge is 0.375 e. The third kappa shape index (κ3) is 5.32. The minimum absolute atomic E-state index is 0.0147. The number of sulfonamides is 1. The monoisotopic (exact) mass is 531 g/mol. The van der Waals surface area contributed by atoms with Crippen LogP contribution in [0, 0.1) is 10.1 Å². The Balaban J connectivity index is 1.47. The van der Waals surface area contributed by atoms with Crippen molar-refractivity contribution >= 4 is 43.0 Å². The molecule has 4 rings (SSSR count). The number of benzene rings is 2. The molecule has 0 radical (unpaired) electrons. The van der Waals surface area contributed by atoms with Gasteiger partial charge in [-0.15, -0.1) is 0 Å². The van der Waals surface area contributed by atoms with E-state index in [1.807, 2.05) is 17.0 Å². The van der Waals surface area contributed by atoms with E-state index in [0.717, 1.165) is 15.7 Å². The van der Waals surface area contributed by atoms with Crippen LogP contribution in [0.3, 0.4) is 0 Å². The molecule has 0 amide bonds. The summed E-state index contributed by atoms with van der Waals surface area (Å²) in [6.07, 6.45) is 3.37. The van der Waals surface area contributed by atoms with Gasteiger partial charge < -0.3 is 10.2 Å². The van der Waals surface area contributed by atoms with Gasteiger partial charge in [-0.05, 0) is 48.0 Å². The van der Waals surface area contributed by atoms with Crippen LogP contribution in [0.2, 0.25) is 0 Å². The molecular weight excluding hydrogens is 510 g/mol. The number of nitro groups is 1. The molecule has 1 aliphatic rings. The van der Waals surface area contributed by atoms with E-state index in [2.05, 4.69) is 26.2 Å². The van der Waals surface area contributed by atoms with E-state index in [0.29, 0.717) is 38.4 Å². The van der Waals surface area contributed by atoms with E-state index in [-0.39, 0.29) is 10.6 Å². The second kappa shape index (κ2) is 9.86. The van der Waals surface area contributed by atoms with Crippen LogP contribution >= 0.6 is 15.9 Å². The average molecular weight is 532 g/mol. The minimum atomic E-state index is -3.57. The summed E-state index contributed by atoms with van der Waals surface area (Å²) in [7, 11) is -3.57. The first-order chi connectivity index (χ1) is 15.8. The molecule has 0 aliphatic carbocycles. The number of hydrogen-bond acceptors (Lipinski definition) is 7. The molecule has 0 saturated carbocycles. The van der Waals surface area contributed by atoms with E-state index < -0.39 is 14.9 Å². The second-order valence-corrected chi connectivity index (χ2v) is 10.4. The van der Waals surface area contributed by atoms with Gasteiger partial charge in [-0.25, -0.2) is 8.42 Å². The highest BCUT2D eigenvalue weighted by molar-refractivity contribution is 9.10. The number of piperazine rings is 1. The first-order valence-corrected chi connectivity index (χ1v) is 12.5. The normalized spacial score (nSPS) is 14.8. The summed E-state index contributed by atoms with van der Waals surface area (Å²) in [5, 5.41) is 14.6. The van der Waals surface area contributed by atoms with E-state index in [4.69, 9.17) is 0 Å². The maximum atomic E-state index is 12.9. The van der Waals surface area contributed by atoms with Gasteiger partial charge in [0.15, 0.2) is 0 Å². The molecule has 172 valence electrons. The Morgan fingerprint density at radius 1 is 1.06 bits per heavy atom. The number of nitrogens with one attached hydrogen (secondary N) is 1. The molecule has 1 fully saturated rings. The highest BCUT2D eigenvalue weighted by atomic mass is 79.9. The van der Waals surface area contributed by atoms with Crippen LogP contribution in [0.5, 0.6) is 0 Å². The Morgan fingerprint density at radius 3 is 2.42 bits per heavy atom. The van der Waals surface area contributed by atoms with Crippen LogP contribution in [-0.2, 0) is 16.6 Å². The number of hydrogen-bond donors (Lipinski definition) is 1. The van der Waals surface area contributed by atoms with Gasteiger partial charge in [-0.3, -0.25) is 15.1 Å². The molecule has 1 aromatic heterocycles. The fourth-order valence-electron chi connectivity index (χ4n) is 3.66. The zero-order valence-corrected chi connectivity index (χ0v) is 20.0. The Kier molecular flexibility index (Phi) is 6.91. The second-order valence-electron chi connectivity index (χ2n) is 7.52. The lowest BCUT2D eigenvalue weighted by atomic mass is 10.2. The van der Waals surface area contributed by atoms with E-state index in [1.54, 1.807) is 48.8 Å². The van der Waals surface area contributed by atoms with Crippen LogP contribution < -0.4 is 10.2 Å². The highest BCUT2D eigenvalue weighted by Crippen LogP contribution is 2.31. The number of rotatable bonds is 7. The number of aromatic nitrogens is 1. The maximum absolute atomic E-state index is 12.9. The summed E-state index contributed by atoms with van der Waals surface area (Å²) >= 11 is 3.32. The van der Waals surface area contributed by atoms with Gasteiger partial charge in [0.1, 0.15) is 5.69 Å². The van der Waals surface area contributed by atoms with Crippen LogP contribution in [0.1, 0.15) is 5.56 Å². The Hall–Kier alpha value is -3.02. The molecule has 9 nitrogen and oxygen atoms in total. The molecule has 11 heteroatoms. The van der Waals surface area contributed by atoms with Gasteiger partial charge in [0, 0.05) is 61.3 Å². The van der Waals surface area contributed by atoms with Gasteiger partial charge in [0.25, 0.3) is 5.69 Å². The molecule has 2 aromatic carbocycles. The molecular formula is C22H22BrN5O4S. The summed E-state index contributed by atoms with van der Waals surface area (Å²) in [5.41, 5.74) is 2.10. The summed E-state index contributed by atoms with van der Waals surface area (Å²) in [6.45, 7) is 2.02. The Morgan fingerprint density at radius 2 is 1.79 bits per heavy atom. The number of nitrogens with zero attached hydrogens (tertiary/aromatic N) is 4. The van der Waals surface area contributed by atoms with Crippen molar-refractivity contribution in [2.75, 3.05) is 36.4 Å². The lowest BCUT2D eigenvalue weighted by Crippen LogP contribution is -2.48. The van der Waals surface area contributed by atoms with E-state index in [9.17, 15) is 18.5 Å². The van der Waals surface area contributed by atoms with Gasteiger partial charge in [0.2, 0.25) is 10.0 Å². The molecule has 1 N–H and O–H groups in total. The smallest absolute Gasteiger partial charge is 0.292 e. The van der Waals surface area contributed by atoms with Crippen molar-refractivity contribution < 1.29 is 13.3 Å². The summed E-state index contributed by atoms with van der Waals surface area (Å²) in [4.78, 5) is 17.4. The first kappa shape index (κ1) is 23.1. The number of anilines is 2. The molecule has 0 atom stereocenters. The summed E-state index contributed by atoms with van der Waals surface area (Å²) in [5.74, 6) is 0. The van der Waals surface area contributed by atoms with E-state index >= 15 is 0 Å². The van der Waals surface area contributed by atoms with Crippen molar-refractivity contribution in [2.24, 2.45) is 0 Å². The highest BCUT2D eigenvalue weighted by Gasteiger charge is 2.29. The minimum Gasteiger partial charge on any atom is -0.375 e. The summed E-state index contributed by atoms with van der Waals surface area (Å²) in [6, 6.07) is 15.2. The van der Waals surface area contributed by atoms with Crippen molar-refractivity contribution in [2.45, 2.75) is 11.4 Å². The van der Waals surface area contributed by atoms with Crippen molar-refractivity contribution in [3.05, 3.63) is 87.1 Å². The van der Waals surface area contributed by atoms with Crippen LogP contribution in [0.4, 0.5) is 17.1 Å². The van der Waals surface area contributed by atoms with Gasteiger partial charge in [-0.2, -0.15) is 4.31 Å². The van der Waals surface area contributed by atoms with Gasteiger partial charge >= 0.3 is 0 Å². The van der Waals surface area contributed by atoms with Crippen molar-refractivity contribution in [1.29, 1.82) is 0 Å². The van der Waals surface area contributed by atoms with Crippen LogP contribution in [0.25, 0.3) is 0 Å². The quantitative estimate of drug-likeness (QED) is 0.364. The molecule has 1 saturated heterocycles. The number of nitro benzene ring substituents is 1. The molecule has 0 spiro atoms. The predicted octanol–water partition coefficient (Wildman–Crippen LogP) is 3.88. The lowest BCUT2D eigenvalue weighted by Gasteiger charge is -2.35. The SMILES string of the molecule is O=[N+]([O-])c1ccc(N2CCN(S(=O)(=O)c3ccc(Br)cc3)CC2)cc1NCc1cccnc1. The molecule has 0 unspecified atom stereocenters. The standard InChI is InChI=1S/C22H22BrN5O4S/c23-18-3-6-20(7-4-18)33(31,32)27-12-10-26(11-13-27)19-5-8-22(28(29)30)21(14-19)25-16-17-2-1-9-24-15-17/h1-9,14-15,25H,10-13,16H2. The Bertz CT molecular complexity index is 1230. The van der Waals surface area contributed by atoms with Crippen LogP contribution in [-0.4, -0.2) is 48.8 Å². The number of pyridine rings is 1. The predicted molar refractivity (Wildman–Crippen MR) is 130 cm³/mol. The average Bonchev–Trinajstić information content (AvgIpc) is 2.83. The third-order valence-corrected chi connectivity index (χ3v) is 7.88. The molecule has 0 bridgehead atoms. The summed E-state index contributed by atoms with van der Waals surface area (Å²) < 4.78 is 28.2. The van der Waals surface area contributed by atoms with Gasteiger partial charge in [0.05, 0.1) is 9.82 Å². The lowest BCUT2D eigenvalue weighted by molar-refractivity contribution is -0.384. The fourth-order valence-corrected chi connectivity index (χ4v) is 5.35. The van der Waals surface area contributed by atoms with Crippen molar-refractivity contribution in [3.8, 4) is 0 Å².